The molecule has 1 saturated heterocycles. The van der Waals surface area contributed by atoms with Crippen molar-refractivity contribution in [2.45, 2.75) is 26.1 Å². The van der Waals surface area contributed by atoms with Gasteiger partial charge in [-0.3, -0.25) is 0 Å². The van der Waals surface area contributed by atoms with Crippen LogP contribution in [0.3, 0.4) is 0 Å². The van der Waals surface area contributed by atoms with Crippen LogP contribution in [0.4, 0.5) is 5.82 Å². The number of nitrogens with one attached hydrogen (secondary N) is 1. The van der Waals surface area contributed by atoms with E-state index in [1.54, 1.807) is 6.20 Å². The molecule has 0 spiro atoms. The van der Waals surface area contributed by atoms with Crippen LogP contribution in [0.1, 0.15) is 20.3 Å². The summed E-state index contributed by atoms with van der Waals surface area (Å²) < 4.78 is 11.2. The normalized spacial score (nSPS) is 20.1. The maximum Gasteiger partial charge on any atom is 0.166 e. The van der Waals surface area contributed by atoms with Gasteiger partial charge in [0.1, 0.15) is 5.82 Å². The van der Waals surface area contributed by atoms with E-state index in [-0.39, 0.29) is 0 Å². The number of pyridine rings is 1. The van der Waals surface area contributed by atoms with Crippen LogP contribution in [-0.2, 0) is 9.47 Å². The summed E-state index contributed by atoms with van der Waals surface area (Å²) in [6.45, 7) is 6.48. The summed E-state index contributed by atoms with van der Waals surface area (Å²) in [5.41, 5.74) is 0. The number of nitrogens with zero attached hydrogens (tertiary/aromatic N) is 1. The fraction of sp³-hybridized carbons (Fsp3) is 0.615. The molecular formula is C13H20N2O2. The van der Waals surface area contributed by atoms with Crippen LogP contribution in [0, 0.1) is 5.92 Å². The largest absolute Gasteiger partial charge is 0.370 e. The topological polar surface area (TPSA) is 43.4 Å². The molecule has 0 unspecified atom stereocenters. The highest BCUT2D eigenvalue weighted by Crippen LogP contribution is 2.26. The van der Waals surface area contributed by atoms with Crippen LogP contribution in [0.2, 0.25) is 0 Å². The lowest BCUT2D eigenvalue weighted by atomic mass is 10.0. The Kier molecular flexibility index (Phi) is 3.97. The third-order valence-electron chi connectivity index (χ3n) is 2.91. The SMILES string of the molecule is C[C@H](CNc1ccccn1)CC1(C)OCCO1. The quantitative estimate of drug-likeness (QED) is 0.851. The predicted molar refractivity (Wildman–Crippen MR) is 66.8 cm³/mol. The maximum atomic E-state index is 5.60. The molecule has 4 heteroatoms. The van der Waals surface area contributed by atoms with Crippen LogP contribution in [0.5, 0.6) is 0 Å². The van der Waals surface area contributed by atoms with Gasteiger partial charge in [-0.2, -0.15) is 0 Å². The van der Waals surface area contributed by atoms with Gasteiger partial charge in [0, 0.05) is 19.2 Å². The highest BCUT2D eigenvalue weighted by molar-refractivity contribution is 5.32. The van der Waals surface area contributed by atoms with Crippen molar-refractivity contribution in [2.75, 3.05) is 25.1 Å². The van der Waals surface area contributed by atoms with Crippen LogP contribution in [0.25, 0.3) is 0 Å². The lowest BCUT2D eigenvalue weighted by Gasteiger charge is -2.26. The lowest BCUT2D eigenvalue weighted by Crippen LogP contribution is -2.30. The molecule has 2 heterocycles. The van der Waals surface area contributed by atoms with Gasteiger partial charge in [-0.05, 0) is 25.0 Å². The zero-order valence-corrected chi connectivity index (χ0v) is 10.5. The average Bonchev–Trinajstić information content (AvgIpc) is 2.74. The van der Waals surface area contributed by atoms with Crippen molar-refractivity contribution in [2.24, 2.45) is 5.92 Å². The zero-order valence-electron chi connectivity index (χ0n) is 10.5. The van der Waals surface area contributed by atoms with Crippen molar-refractivity contribution >= 4 is 5.82 Å². The summed E-state index contributed by atoms with van der Waals surface area (Å²) in [5, 5.41) is 3.31. The molecule has 4 nitrogen and oxygen atoms in total. The van der Waals surface area contributed by atoms with Crippen molar-refractivity contribution in [1.29, 1.82) is 0 Å². The summed E-state index contributed by atoms with van der Waals surface area (Å²) in [6, 6.07) is 5.86. The van der Waals surface area contributed by atoms with E-state index in [9.17, 15) is 0 Å². The van der Waals surface area contributed by atoms with Gasteiger partial charge in [0.2, 0.25) is 0 Å². The third-order valence-corrected chi connectivity index (χ3v) is 2.91. The van der Waals surface area contributed by atoms with E-state index in [4.69, 9.17) is 9.47 Å². The standard InChI is InChI=1S/C13H20N2O2/c1-11(9-13(2)16-7-8-17-13)10-15-12-5-3-4-6-14-12/h3-6,11H,7-10H2,1-2H3,(H,14,15)/t11-/m0/s1. The van der Waals surface area contributed by atoms with Crippen LogP contribution < -0.4 is 5.32 Å². The highest BCUT2D eigenvalue weighted by atomic mass is 16.7. The Labute approximate surface area is 102 Å². The second kappa shape index (κ2) is 5.47. The molecule has 1 aromatic heterocycles. The first-order valence-electron chi connectivity index (χ1n) is 6.11. The number of hydrogen-bond donors (Lipinski definition) is 1. The fourth-order valence-electron chi connectivity index (χ4n) is 2.13. The molecule has 1 aromatic rings. The van der Waals surface area contributed by atoms with E-state index in [2.05, 4.69) is 17.2 Å². The smallest absolute Gasteiger partial charge is 0.166 e. The molecule has 94 valence electrons. The summed E-state index contributed by atoms with van der Waals surface area (Å²) in [6.07, 6.45) is 2.68. The van der Waals surface area contributed by atoms with Crippen LogP contribution in [-0.4, -0.2) is 30.5 Å². The zero-order chi connectivity index (χ0) is 12.1. The van der Waals surface area contributed by atoms with Gasteiger partial charge < -0.3 is 14.8 Å². The van der Waals surface area contributed by atoms with Crippen molar-refractivity contribution in [3.63, 3.8) is 0 Å². The van der Waals surface area contributed by atoms with Crippen LogP contribution >= 0.6 is 0 Å². The third kappa shape index (κ3) is 3.68. The Hall–Kier alpha value is -1.13. The molecule has 2 rings (SSSR count). The van der Waals surface area contributed by atoms with Gasteiger partial charge in [0.15, 0.2) is 5.79 Å². The molecule has 0 amide bonds. The first kappa shape index (κ1) is 12.3. The Balaban J connectivity index is 1.76. The number of anilines is 1. The minimum absolute atomic E-state index is 0.398. The highest BCUT2D eigenvalue weighted by Gasteiger charge is 2.32. The summed E-state index contributed by atoms with van der Waals surface area (Å²) in [4.78, 5) is 4.23. The number of rotatable bonds is 5. The first-order valence-corrected chi connectivity index (χ1v) is 6.11. The Morgan fingerprint density at radius 1 is 1.41 bits per heavy atom. The van der Waals surface area contributed by atoms with E-state index in [1.807, 2.05) is 25.1 Å². The maximum absolute atomic E-state index is 5.60. The van der Waals surface area contributed by atoms with E-state index < -0.39 is 5.79 Å². The van der Waals surface area contributed by atoms with Gasteiger partial charge in [0.25, 0.3) is 0 Å². The molecule has 1 atom stereocenters. The minimum Gasteiger partial charge on any atom is -0.370 e. The van der Waals surface area contributed by atoms with Crippen molar-refractivity contribution in [1.82, 2.24) is 4.98 Å². The number of ether oxygens (including phenoxy) is 2. The van der Waals surface area contributed by atoms with E-state index in [0.29, 0.717) is 19.1 Å². The molecule has 0 saturated carbocycles. The molecule has 0 bridgehead atoms. The molecule has 1 aliphatic rings. The van der Waals surface area contributed by atoms with Gasteiger partial charge in [0.05, 0.1) is 13.2 Å². The number of hydrogen-bond acceptors (Lipinski definition) is 4. The second-order valence-electron chi connectivity index (χ2n) is 4.74. The van der Waals surface area contributed by atoms with E-state index in [0.717, 1.165) is 18.8 Å². The molecule has 0 aliphatic carbocycles. The van der Waals surface area contributed by atoms with Gasteiger partial charge in [-0.1, -0.05) is 13.0 Å². The number of aromatic nitrogens is 1. The molecule has 1 aliphatic heterocycles. The second-order valence-corrected chi connectivity index (χ2v) is 4.74. The minimum atomic E-state index is -0.398. The van der Waals surface area contributed by atoms with E-state index >= 15 is 0 Å². The molecule has 1 N–H and O–H groups in total. The molecule has 0 aromatic carbocycles. The fourth-order valence-corrected chi connectivity index (χ4v) is 2.13. The monoisotopic (exact) mass is 236 g/mol. The van der Waals surface area contributed by atoms with Crippen molar-refractivity contribution in [3.8, 4) is 0 Å². The Bertz CT molecular complexity index is 337. The summed E-state index contributed by atoms with van der Waals surface area (Å²) in [7, 11) is 0. The molecule has 1 fully saturated rings. The van der Waals surface area contributed by atoms with Gasteiger partial charge in [-0.15, -0.1) is 0 Å². The predicted octanol–water partition coefficient (Wildman–Crippen LogP) is 2.28. The van der Waals surface area contributed by atoms with Crippen LogP contribution in [0.15, 0.2) is 24.4 Å². The lowest BCUT2D eigenvalue weighted by molar-refractivity contribution is -0.153. The summed E-state index contributed by atoms with van der Waals surface area (Å²) in [5.74, 6) is 0.989. The van der Waals surface area contributed by atoms with Gasteiger partial charge >= 0.3 is 0 Å². The van der Waals surface area contributed by atoms with Crippen molar-refractivity contribution in [3.05, 3.63) is 24.4 Å². The molecule has 0 radical (unpaired) electrons. The first-order chi connectivity index (χ1) is 8.18. The molecular weight excluding hydrogens is 216 g/mol. The van der Waals surface area contributed by atoms with Crippen molar-refractivity contribution < 1.29 is 9.47 Å². The summed E-state index contributed by atoms with van der Waals surface area (Å²) >= 11 is 0. The van der Waals surface area contributed by atoms with E-state index in [1.165, 1.54) is 0 Å². The Morgan fingerprint density at radius 3 is 2.82 bits per heavy atom. The molecule has 17 heavy (non-hydrogen) atoms. The average molecular weight is 236 g/mol. The van der Waals surface area contributed by atoms with Gasteiger partial charge in [-0.25, -0.2) is 4.98 Å². The Morgan fingerprint density at radius 2 is 2.18 bits per heavy atom.